The number of benzene rings is 2. The molecule has 0 radical (unpaired) electrons. The summed E-state index contributed by atoms with van der Waals surface area (Å²) in [6.45, 7) is 1.83. The van der Waals surface area contributed by atoms with E-state index in [0.717, 1.165) is 10.5 Å². The van der Waals surface area contributed by atoms with Gasteiger partial charge in [0.1, 0.15) is 18.5 Å². The summed E-state index contributed by atoms with van der Waals surface area (Å²) < 4.78 is 11.8. The van der Waals surface area contributed by atoms with Gasteiger partial charge in [0.25, 0.3) is 0 Å². The maximum atomic E-state index is 12.4. The normalized spacial score (nSPS) is 12.9. The molecule has 0 saturated carbocycles. The zero-order chi connectivity index (χ0) is 21.2. The lowest BCUT2D eigenvalue weighted by atomic mass is 9.96. The molecule has 7 nitrogen and oxygen atoms in total. The smallest absolute Gasteiger partial charge is 0.412 e. The molecule has 2 aromatic carbocycles. The van der Waals surface area contributed by atoms with Crippen molar-refractivity contribution in [3.63, 3.8) is 0 Å². The van der Waals surface area contributed by atoms with E-state index in [0.29, 0.717) is 17.0 Å². The van der Waals surface area contributed by atoms with E-state index in [4.69, 9.17) is 19.7 Å². The molecule has 154 valence electrons. The molecule has 2 rings (SSSR count). The number of carbonyl (C=O) groups is 2. The third-order valence-electron chi connectivity index (χ3n) is 3.91. The summed E-state index contributed by atoms with van der Waals surface area (Å²) in [6.07, 6.45) is 1.11. The molecule has 2 aromatic rings. The van der Waals surface area contributed by atoms with Gasteiger partial charge in [0.15, 0.2) is 0 Å². The van der Waals surface area contributed by atoms with Gasteiger partial charge in [-0.05, 0) is 42.0 Å². The van der Waals surface area contributed by atoms with Gasteiger partial charge in [0.05, 0.1) is 6.61 Å². The van der Waals surface area contributed by atoms with E-state index in [1.165, 1.54) is 6.08 Å². The fourth-order valence-corrected chi connectivity index (χ4v) is 2.79. The first-order valence-corrected chi connectivity index (χ1v) is 9.66. The SMILES string of the molecule is C[C@@H](/C=C/C(=O)O)[C@@H](OC(=O)Nc1ccc(Br)cc1)c1ccc(OCCO)cc1. The number of nitrogens with one attached hydrogen (secondary N) is 1. The maximum absolute atomic E-state index is 12.4. The molecular weight excluding hydrogens is 442 g/mol. The van der Waals surface area contributed by atoms with Crippen LogP contribution in [0.1, 0.15) is 18.6 Å². The predicted octanol–water partition coefficient (Wildman–Crippen LogP) is 4.39. The molecule has 0 unspecified atom stereocenters. The molecule has 0 aliphatic heterocycles. The minimum atomic E-state index is -1.08. The van der Waals surface area contributed by atoms with Crippen LogP contribution >= 0.6 is 15.9 Å². The molecule has 1 amide bonds. The Hall–Kier alpha value is -2.84. The lowest BCUT2D eigenvalue weighted by Gasteiger charge is -2.23. The van der Waals surface area contributed by atoms with Crippen molar-refractivity contribution in [1.29, 1.82) is 0 Å². The van der Waals surface area contributed by atoms with E-state index in [1.807, 2.05) is 0 Å². The van der Waals surface area contributed by atoms with Crippen molar-refractivity contribution in [3.05, 3.63) is 70.7 Å². The number of hydrogen-bond donors (Lipinski definition) is 3. The lowest BCUT2D eigenvalue weighted by molar-refractivity contribution is -0.131. The summed E-state index contributed by atoms with van der Waals surface area (Å²) in [5.41, 5.74) is 1.24. The maximum Gasteiger partial charge on any atom is 0.412 e. The molecule has 0 aliphatic carbocycles. The van der Waals surface area contributed by atoms with E-state index in [1.54, 1.807) is 55.5 Å². The highest BCUT2D eigenvalue weighted by atomic mass is 79.9. The standard InChI is InChI=1S/C21H22BrNO6/c1-14(2-11-19(25)26)20(15-3-9-18(10-4-15)28-13-12-24)29-21(27)23-17-7-5-16(22)6-8-17/h2-11,14,20,24H,12-13H2,1H3,(H,23,27)(H,25,26)/b11-2+/t14-,20+/m0/s1. The highest BCUT2D eigenvalue weighted by molar-refractivity contribution is 9.10. The van der Waals surface area contributed by atoms with Gasteiger partial charge in [-0.3, -0.25) is 5.32 Å². The molecular formula is C21H22BrNO6. The number of carbonyl (C=O) groups excluding carboxylic acids is 1. The Balaban J connectivity index is 2.16. The molecule has 0 saturated heterocycles. The van der Waals surface area contributed by atoms with Crippen LogP contribution in [0.25, 0.3) is 0 Å². The van der Waals surface area contributed by atoms with E-state index in [9.17, 15) is 9.59 Å². The van der Waals surface area contributed by atoms with Gasteiger partial charge >= 0.3 is 12.1 Å². The van der Waals surface area contributed by atoms with Crippen LogP contribution in [0.3, 0.4) is 0 Å². The summed E-state index contributed by atoms with van der Waals surface area (Å²) in [6, 6.07) is 13.9. The molecule has 3 N–H and O–H groups in total. The summed E-state index contributed by atoms with van der Waals surface area (Å²) in [5, 5.41) is 20.4. The number of amides is 1. The van der Waals surface area contributed by atoms with Crippen LogP contribution in [-0.4, -0.2) is 35.5 Å². The Morgan fingerprint density at radius 2 is 1.79 bits per heavy atom. The quantitative estimate of drug-likeness (QED) is 0.476. The van der Waals surface area contributed by atoms with Crippen molar-refractivity contribution < 1.29 is 29.3 Å². The van der Waals surface area contributed by atoms with Crippen LogP contribution in [0.5, 0.6) is 5.75 Å². The highest BCUT2D eigenvalue weighted by Crippen LogP contribution is 2.29. The molecule has 2 atom stereocenters. The molecule has 29 heavy (non-hydrogen) atoms. The third-order valence-corrected chi connectivity index (χ3v) is 4.44. The van der Waals surface area contributed by atoms with Crippen LogP contribution in [0.4, 0.5) is 10.5 Å². The second kappa shape index (κ2) is 11.2. The van der Waals surface area contributed by atoms with Crippen molar-refractivity contribution >= 4 is 33.7 Å². The van der Waals surface area contributed by atoms with Gasteiger partial charge in [-0.1, -0.05) is 41.1 Å². The number of ether oxygens (including phenoxy) is 2. The zero-order valence-electron chi connectivity index (χ0n) is 15.7. The second-order valence-electron chi connectivity index (χ2n) is 6.16. The van der Waals surface area contributed by atoms with Gasteiger partial charge < -0.3 is 19.7 Å². The van der Waals surface area contributed by atoms with Crippen molar-refractivity contribution in [2.45, 2.75) is 13.0 Å². The van der Waals surface area contributed by atoms with Crippen molar-refractivity contribution in [2.75, 3.05) is 18.5 Å². The zero-order valence-corrected chi connectivity index (χ0v) is 17.3. The van der Waals surface area contributed by atoms with Crippen LogP contribution in [0.15, 0.2) is 65.2 Å². The van der Waals surface area contributed by atoms with Crippen molar-refractivity contribution in [3.8, 4) is 5.75 Å². The Morgan fingerprint density at radius 1 is 1.14 bits per heavy atom. The Bertz CT molecular complexity index is 835. The molecule has 0 fully saturated rings. The highest BCUT2D eigenvalue weighted by Gasteiger charge is 2.22. The average molecular weight is 464 g/mol. The third kappa shape index (κ3) is 7.59. The van der Waals surface area contributed by atoms with Gasteiger partial charge in [-0.2, -0.15) is 0 Å². The number of halogens is 1. The van der Waals surface area contributed by atoms with Crippen molar-refractivity contribution in [1.82, 2.24) is 0 Å². The van der Waals surface area contributed by atoms with Gasteiger partial charge in [0, 0.05) is 22.2 Å². The number of anilines is 1. The van der Waals surface area contributed by atoms with Gasteiger partial charge in [-0.15, -0.1) is 0 Å². The fourth-order valence-electron chi connectivity index (χ4n) is 2.53. The molecule has 8 heteroatoms. The van der Waals surface area contributed by atoms with Gasteiger partial charge in [0.2, 0.25) is 0 Å². The first-order chi connectivity index (χ1) is 13.9. The number of aliphatic hydroxyl groups is 1. The number of rotatable bonds is 9. The lowest BCUT2D eigenvalue weighted by Crippen LogP contribution is -2.21. The molecule has 0 spiro atoms. The number of aliphatic hydroxyl groups excluding tert-OH is 1. The summed E-state index contributed by atoms with van der Waals surface area (Å²) >= 11 is 3.33. The van der Waals surface area contributed by atoms with E-state index >= 15 is 0 Å². The van der Waals surface area contributed by atoms with Crippen LogP contribution < -0.4 is 10.1 Å². The van der Waals surface area contributed by atoms with Crippen LogP contribution in [0, 0.1) is 5.92 Å². The van der Waals surface area contributed by atoms with E-state index < -0.39 is 24.1 Å². The molecule has 0 bridgehead atoms. The molecule has 0 aliphatic rings. The molecule has 0 aromatic heterocycles. The predicted molar refractivity (Wildman–Crippen MR) is 112 cm³/mol. The Labute approximate surface area is 177 Å². The Morgan fingerprint density at radius 3 is 2.38 bits per heavy atom. The fraction of sp³-hybridized carbons (Fsp3) is 0.238. The number of aliphatic carboxylic acids is 1. The van der Waals surface area contributed by atoms with E-state index in [-0.39, 0.29) is 13.2 Å². The van der Waals surface area contributed by atoms with Crippen LogP contribution in [-0.2, 0) is 9.53 Å². The van der Waals surface area contributed by atoms with Crippen LogP contribution in [0.2, 0.25) is 0 Å². The number of hydrogen-bond acceptors (Lipinski definition) is 5. The largest absolute Gasteiger partial charge is 0.491 e. The monoisotopic (exact) mass is 463 g/mol. The summed E-state index contributed by atoms with van der Waals surface area (Å²) in [7, 11) is 0. The first-order valence-electron chi connectivity index (χ1n) is 8.87. The average Bonchev–Trinajstić information content (AvgIpc) is 2.71. The summed E-state index contributed by atoms with van der Waals surface area (Å²) in [4.78, 5) is 23.2. The van der Waals surface area contributed by atoms with Gasteiger partial charge in [-0.25, -0.2) is 9.59 Å². The number of carboxylic acids is 1. The first kappa shape index (κ1) is 22.4. The topological polar surface area (TPSA) is 105 Å². The van der Waals surface area contributed by atoms with Crippen molar-refractivity contribution in [2.24, 2.45) is 5.92 Å². The molecule has 0 heterocycles. The minimum absolute atomic E-state index is 0.0965. The Kier molecular flexibility index (Phi) is 8.69. The minimum Gasteiger partial charge on any atom is -0.491 e. The number of carboxylic acid groups (broad SMARTS) is 1. The van der Waals surface area contributed by atoms with E-state index in [2.05, 4.69) is 21.2 Å². The summed E-state index contributed by atoms with van der Waals surface area (Å²) in [5.74, 6) is -0.914. The second-order valence-corrected chi connectivity index (χ2v) is 7.07.